The number of hydrogen-bond acceptors (Lipinski definition) is 5. The van der Waals surface area contributed by atoms with Gasteiger partial charge in [-0.25, -0.2) is 0 Å². The molecule has 0 spiro atoms. The van der Waals surface area contributed by atoms with Gasteiger partial charge in [0.1, 0.15) is 17.3 Å². The lowest BCUT2D eigenvalue weighted by Crippen LogP contribution is -2.44. The first kappa shape index (κ1) is 12.9. The smallest absolute Gasteiger partial charge is 0.310 e. The summed E-state index contributed by atoms with van der Waals surface area (Å²) < 4.78 is 0. The van der Waals surface area contributed by atoms with Crippen molar-refractivity contribution in [3.8, 4) is 6.07 Å². The fourth-order valence-electron chi connectivity index (χ4n) is 3.33. The number of nitro groups is 1. The highest BCUT2D eigenvalue weighted by Gasteiger charge is 2.35. The van der Waals surface area contributed by atoms with Crippen molar-refractivity contribution in [2.75, 3.05) is 24.5 Å². The molecule has 2 aliphatic rings. The first-order valence-corrected chi connectivity index (χ1v) is 6.86. The summed E-state index contributed by atoms with van der Waals surface area (Å²) in [6.07, 6.45) is 2.12. The van der Waals surface area contributed by atoms with Crippen LogP contribution in [0.15, 0.2) is 18.2 Å². The van der Waals surface area contributed by atoms with E-state index in [1.54, 1.807) is 12.1 Å². The number of piperidine rings is 1. The van der Waals surface area contributed by atoms with Gasteiger partial charge in [-0.05, 0) is 37.4 Å². The fraction of sp³-hybridized carbons (Fsp3) is 0.500. The summed E-state index contributed by atoms with van der Waals surface area (Å²) in [4.78, 5) is 12.9. The molecule has 0 radical (unpaired) electrons. The van der Waals surface area contributed by atoms with E-state index in [4.69, 9.17) is 5.26 Å². The van der Waals surface area contributed by atoms with Crippen LogP contribution in [0.3, 0.4) is 0 Å². The molecule has 0 aromatic heterocycles. The van der Waals surface area contributed by atoms with Crippen LogP contribution in [0.4, 0.5) is 11.4 Å². The molecule has 20 heavy (non-hydrogen) atoms. The molecule has 3 rings (SSSR count). The molecule has 2 saturated heterocycles. The van der Waals surface area contributed by atoms with E-state index in [1.165, 1.54) is 6.07 Å². The number of nitriles is 1. The molecule has 6 nitrogen and oxygen atoms in total. The number of anilines is 1. The van der Waals surface area contributed by atoms with Crippen LogP contribution in [-0.4, -0.2) is 30.6 Å². The van der Waals surface area contributed by atoms with Gasteiger partial charge in [-0.1, -0.05) is 6.07 Å². The number of benzene rings is 1. The Bertz CT molecular complexity index is 581. The summed E-state index contributed by atoms with van der Waals surface area (Å²) in [7, 11) is 0. The summed E-state index contributed by atoms with van der Waals surface area (Å²) in [5, 5.41) is 23.8. The van der Waals surface area contributed by atoms with Crippen LogP contribution >= 0.6 is 0 Å². The summed E-state index contributed by atoms with van der Waals surface area (Å²) in [5.74, 6) is 0.550. The zero-order valence-electron chi connectivity index (χ0n) is 11.1. The number of hydrogen-bond donors (Lipinski definition) is 1. The standard InChI is InChI=1S/C14H16N4O2/c15-8-10-2-1-3-13(14(10)18(19)20)17-7-5-12-11(9-17)4-6-16-12/h1-3,11-12,16H,4-7,9H2. The summed E-state index contributed by atoms with van der Waals surface area (Å²) >= 11 is 0. The van der Waals surface area contributed by atoms with Gasteiger partial charge in [0.15, 0.2) is 0 Å². The van der Waals surface area contributed by atoms with Gasteiger partial charge in [0.2, 0.25) is 0 Å². The Balaban J connectivity index is 1.94. The van der Waals surface area contributed by atoms with E-state index in [0.717, 1.165) is 32.5 Å². The maximum absolute atomic E-state index is 11.3. The third kappa shape index (κ3) is 2.10. The monoisotopic (exact) mass is 272 g/mol. The van der Waals surface area contributed by atoms with Crippen molar-refractivity contribution in [3.63, 3.8) is 0 Å². The number of fused-ring (bicyclic) bond motifs is 1. The lowest BCUT2D eigenvalue weighted by molar-refractivity contribution is -0.384. The van der Waals surface area contributed by atoms with Crippen LogP contribution in [0.5, 0.6) is 0 Å². The van der Waals surface area contributed by atoms with E-state index in [0.29, 0.717) is 17.6 Å². The molecule has 0 aliphatic carbocycles. The molecule has 0 saturated carbocycles. The number of para-hydroxylation sites is 1. The maximum atomic E-state index is 11.3. The highest BCUT2D eigenvalue weighted by atomic mass is 16.6. The second kappa shape index (κ2) is 5.10. The van der Waals surface area contributed by atoms with Crippen LogP contribution in [0.25, 0.3) is 0 Å². The minimum absolute atomic E-state index is 0.0561. The average molecular weight is 272 g/mol. The minimum atomic E-state index is -0.438. The van der Waals surface area contributed by atoms with Gasteiger partial charge in [0.25, 0.3) is 0 Å². The van der Waals surface area contributed by atoms with Crippen molar-refractivity contribution in [1.29, 1.82) is 5.26 Å². The third-order valence-electron chi connectivity index (χ3n) is 4.31. The van der Waals surface area contributed by atoms with Crippen LogP contribution in [0.1, 0.15) is 18.4 Å². The predicted molar refractivity (Wildman–Crippen MR) is 74.5 cm³/mol. The first-order valence-electron chi connectivity index (χ1n) is 6.86. The van der Waals surface area contributed by atoms with Crippen molar-refractivity contribution in [1.82, 2.24) is 5.32 Å². The van der Waals surface area contributed by atoms with Crippen LogP contribution < -0.4 is 10.2 Å². The van der Waals surface area contributed by atoms with E-state index in [2.05, 4.69) is 10.2 Å². The summed E-state index contributed by atoms with van der Waals surface area (Å²) in [6, 6.07) is 7.45. The quantitative estimate of drug-likeness (QED) is 0.654. The lowest BCUT2D eigenvalue weighted by atomic mass is 9.92. The van der Waals surface area contributed by atoms with Crippen molar-refractivity contribution in [2.45, 2.75) is 18.9 Å². The molecule has 104 valence electrons. The lowest BCUT2D eigenvalue weighted by Gasteiger charge is -2.36. The molecule has 2 heterocycles. The Kier molecular flexibility index (Phi) is 3.28. The Labute approximate surface area is 117 Å². The van der Waals surface area contributed by atoms with Gasteiger partial charge in [-0.2, -0.15) is 5.26 Å². The molecule has 0 bridgehead atoms. The zero-order valence-corrected chi connectivity index (χ0v) is 11.1. The SMILES string of the molecule is N#Cc1cccc(N2CCC3NCCC3C2)c1[N+](=O)[O-]. The van der Waals surface area contributed by atoms with Gasteiger partial charge in [-0.3, -0.25) is 10.1 Å². The number of rotatable bonds is 2. The number of nitrogens with zero attached hydrogens (tertiary/aromatic N) is 3. The minimum Gasteiger partial charge on any atom is -0.366 e. The van der Waals surface area contributed by atoms with E-state index in [-0.39, 0.29) is 11.3 Å². The molecular formula is C14H16N4O2. The summed E-state index contributed by atoms with van der Waals surface area (Å²) in [5.41, 5.74) is 0.665. The van der Waals surface area contributed by atoms with Crippen molar-refractivity contribution in [2.24, 2.45) is 5.92 Å². The molecule has 0 amide bonds. The molecule has 1 aromatic carbocycles. The molecule has 2 aliphatic heterocycles. The molecule has 1 N–H and O–H groups in total. The fourth-order valence-corrected chi connectivity index (χ4v) is 3.33. The normalized spacial score (nSPS) is 25.1. The second-order valence-corrected chi connectivity index (χ2v) is 5.39. The Hall–Kier alpha value is -2.13. The molecule has 2 unspecified atom stereocenters. The molecule has 1 aromatic rings. The Morgan fingerprint density at radius 3 is 3.05 bits per heavy atom. The number of nitro benzene ring substituents is 1. The molecular weight excluding hydrogens is 256 g/mol. The maximum Gasteiger partial charge on any atom is 0.310 e. The highest BCUT2D eigenvalue weighted by Crippen LogP contribution is 2.35. The van der Waals surface area contributed by atoms with E-state index < -0.39 is 4.92 Å². The molecule has 2 fully saturated rings. The van der Waals surface area contributed by atoms with E-state index in [1.807, 2.05) is 6.07 Å². The largest absolute Gasteiger partial charge is 0.366 e. The van der Waals surface area contributed by atoms with Crippen LogP contribution in [0, 0.1) is 27.4 Å². The average Bonchev–Trinajstić information content (AvgIpc) is 2.93. The Morgan fingerprint density at radius 2 is 2.30 bits per heavy atom. The highest BCUT2D eigenvalue weighted by molar-refractivity contribution is 5.70. The second-order valence-electron chi connectivity index (χ2n) is 5.39. The molecule has 2 atom stereocenters. The first-order chi connectivity index (χ1) is 9.70. The molecule has 6 heteroatoms. The zero-order chi connectivity index (χ0) is 14.1. The van der Waals surface area contributed by atoms with Crippen molar-refractivity contribution in [3.05, 3.63) is 33.9 Å². The summed E-state index contributed by atoms with van der Waals surface area (Å²) in [6.45, 7) is 2.65. The predicted octanol–water partition coefficient (Wildman–Crippen LogP) is 1.65. The van der Waals surface area contributed by atoms with E-state index in [9.17, 15) is 10.1 Å². The van der Waals surface area contributed by atoms with Gasteiger partial charge in [0.05, 0.1) is 4.92 Å². The van der Waals surface area contributed by atoms with Gasteiger partial charge < -0.3 is 10.2 Å². The Morgan fingerprint density at radius 1 is 1.45 bits per heavy atom. The van der Waals surface area contributed by atoms with Gasteiger partial charge in [-0.15, -0.1) is 0 Å². The van der Waals surface area contributed by atoms with Crippen molar-refractivity contribution >= 4 is 11.4 Å². The van der Waals surface area contributed by atoms with Crippen LogP contribution in [-0.2, 0) is 0 Å². The van der Waals surface area contributed by atoms with Gasteiger partial charge >= 0.3 is 5.69 Å². The van der Waals surface area contributed by atoms with Crippen molar-refractivity contribution < 1.29 is 4.92 Å². The van der Waals surface area contributed by atoms with Crippen LogP contribution in [0.2, 0.25) is 0 Å². The third-order valence-corrected chi connectivity index (χ3v) is 4.31. The topological polar surface area (TPSA) is 82.2 Å². The van der Waals surface area contributed by atoms with E-state index >= 15 is 0 Å². The number of nitrogens with one attached hydrogen (secondary N) is 1. The van der Waals surface area contributed by atoms with Gasteiger partial charge in [0, 0.05) is 19.1 Å².